The molecule has 2 aliphatic rings. The highest BCUT2D eigenvalue weighted by atomic mass is 19.1. The predicted molar refractivity (Wildman–Crippen MR) is 122 cm³/mol. The zero-order valence-corrected chi connectivity index (χ0v) is 18.4. The van der Waals surface area contributed by atoms with Crippen LogP contribution in [0.4, 0.5) is 10.3 Å². The molecule has 3 heterocycles. The average molecular weight is 452 g/mol. The van der Waals surface area contributed by atoms with Crippen LogP contribution in [0.2, 0.25) is 0 Å². The molecule has 0 unspecified atom stereocenters. The van der Waals surface area contributed by atoms with E-state index in [1.807, 2.05) is 11.8 Å². The summed E-state index contributed by atoms with van der Waals surface area (Å²) in [6.07, 6.45) is 0.780. The Bertz CT molecular complexity index is 1270. The van der Waals surface area contributed by atoms with E-state index in [-0.39, 0.29) is 11.5 Å². The average Bonchev–Trinajstić information content (AvgIpc) is 2.84. The van der Waals surface area contributed by atoms with Gasteiger partial charge in [0.2, 0.25) is 5.95 Å². The fraction of sp³-hybridized carbons (Fsp3) is 0.375. The van der Waals surface area contributed by atoms with Crippen LogP contribution in [-0.2, 0) is 6.54 Å². The van der Waals surface area contributed by atoms with Crippen LogP contribution in [0.3, 0.4) is 0 Å². The van der Waals surface area contributed by atoms with E-state index in [1.54, 1.807) is 27.7 Å². The molecule has 0 spiro atoms. The van der Waals surface area contributed by atoms with Gasteiger partial charge in [-0.25, -0.2) is 9.37 Å². The Balaban J connectivity index is 1.44. The van der Waals surface area contributed by atoms with Crippen LogP contribution in [-0.4, -0.2) is 59.8 Å². The molecule has 9 heteroatoms. The minimum Gasteiger partial charge on any atom is -0.486 e. The second kappa shape index (κ2) is 8.73. The SMILES string of the molecule is CCCn1c(N2CCN(C(=O)c3cccc(F)c3)CC2)nc2cc3c(cc2c1=O)OCCO3. The molecule has 1 amide bonds. The lowest BCUT2D eigenvalue weighted by atomic mass is 10.1. The molecule has 0 N–H and O–H groups in total. The Morgan fingerprint density at radius 1 is 1.06 bits per heavy atom. The summed E-state index contributed by atoms with van der Waals surface area (Å²) in [4.78, 5) is 34.7. The highest BCUT2D eigenvalue weighted by Crippen LogP contribution is 2.33. The first kappa shape index (κ1) is 21.2. The van der Waals surface area contributed by atoms with Gasteiger partial charge in [0.05, 0.1) is 10.9 Å². The number of carbonyl (C=O) groups is 1. The van der Waals surface area contributed by atoms with Crippen molar-refractivity contribution in [3.63, 3.8) is 0 Å². The lowest BCUT2D eigenvalue weighted by molar-refractivity contribution is 0.0745. The third kappa shape index (κ3) is 3.99. The number of carbonyl (C=O) groups excluding carboxylic acids is 1. The van der Waals surface area contributed by atoms with Crippen molar-refractivity contribution in [1.29, 1.82) is 0 Å². The molecule has 5 rings (SSSR count). The minimum absolute atomic E-state index is 0.118. The molecule has 0 saturated carbocycles. The zero-order valence-electron chi connectivity index (χ0n) is 18.4. The van der Waals surface area contributed by atoms with Gasteiger partial charge in [-0.2, -0.15) is 0 Å². The second-order valence-electron chi connectivity index (χ2n) is 8.17. The molecule has 1 aromatic heterocycles. The number of rotatable bonds is 4. The minimum atomic E-state index is -0.431. The maximum absolute atomic E-state index is 13.5. The molecule has 0 bridgehead atoms. The van der Waals surface area contributed by atoms with Crippen molar-refractivity contribution < 1.29 is 18.7 Å². The summed E-state index contributed by atoms with van der Waals surface area (Å²) in [6.45, 7) is 5.41. The van der Waals surface area contributed by atoms with Crippen LogP contribution in [0.25, 0.3) is 10.9 Å². The lowest BCUT2D eigenvalue weighted by Crippen LogP contribution is -2.50. The van der Waals surface area contributed by atoms with Gasteiger partial charge in [-0.15, -0.1) is 0 Å². The molecular formula is C24H25FN4O4. The maximum Gasteiger partial charge on any atom is 0.262 e. The quantitative estimate of drug-likeness (QED) is 0.606. The number of nitrogens with zero attached hydrogens (tertiary/aromatic N) is 4. The molecule has 1 saturated heterocycles. The number of amides is 1. The molecule has 2 aromatic carbocycles. The molecule has 3 aromatic rings. The van der Waals surface area contributed by atoms with Crippen LogP contribution in [0.5, 0.6) is 11.5 Å². The van der Waals surface area contributed by atoms with E-state index in [2.05, 4.69) is 0 Å². The molecule has 2 aliphatic heterocycles. The molecule has 8 nitrogen and oxygen atoms in total. The fourth-order valence-electron chi connectivity index (χ4n) is 4.33. The molecule has 1 fully saturated rings. The lowest BCUT2D eigenvalue weighted by Gasteiger charge is -2.36. The normalized spacial score (nSPS) is 15.7. The predicted octanol–water partition coefficient (Wildman–Crippen LogP) is 2.68. The first-order valence-electron chi connectivity index (χ1n) is 11.2. The summed E-state index contributed by atoms with van der Waals surface area (Å²) in [5, 5.41) is 0.497. The first-order chi connectivity index (χ1) is 16.0. The number of aromatic nitrogens is 2. The third-order valence-corrected chi connectivity index (χ3v) is 5.97. The van der Waals surface area contributed by atoms with E-state index in [0.29, 0.717) is 79.9 Å². The van der Waals surface area contributed by atoms with Gasteiger partial charge in [0.25, 0.3) is 11.5 Å². The van der Waals surface area contributed by atoms with Crippen molar-refractivity contribution in [2.75, 3.05) is 44.3 Å². The molecular weight excluding hydrogens is 427 g/mol. The Kier molecular flexibility index (Phi) is 5.62. The van der Waals surface area contributed by atoms with E-state index in [1.165, 1.54) is 18.2 Å². The topological polar surface area (TPSA) is 76.9 Å². The molecule has 0 aliphatic carbocycles. The third-order valence-electron chi connectivity index (χ3n) is 5.97. The van der Waals surface area contributed by atoms with E-state index >= 15 is 0 Å². The van der Waals surface area contributed by atoms with Gasteiger partial charge in [0.15, 0.2) is 11.5 Å². The largest absolute Gasteiger partial charge is 0.486 e. The molecule has 172 valence electrons. The Morgan fingerprint density at radius 3 is 2.48 bits per heavy atom. The standard InChI is InChI=1S/C24H25FN4O4/c1-2-6-29-23(31)18-14-20-21(33-12-11-32-20)15-19(18)26-24(29)28-9-7-27(8-10-28)22(30)16-4-3-5-17(25)13-16/h3-5,13-15H,2,6-12H2,1H3. The summed E-state index contributed by atoms with van der Waals surface area (Å²) >= 11 is 0. The molecule has 33 heavy (non-hydrogen) atoms. The smallest absolute Gasteiger partial charge is 0.262 e. The van der Waals surface area contributed by atoms with Crippen molar-refractivity contribution in [1.82, 2.24) is 14.5 Å². The van der Waals surface area contributed by atoms with E-state index in [9.17, 15) is 14.0 Å². The van der Waals surface area contributed by atoms with Crippen molar-refractivity contribution in [2.45, 2.75) is 19.9 Å². The number of hydrogen-bond donors (Lipinski definition) is 0. The Morgan fingerprint density at radius 2 is 1.79 bits per heavy atom. The number of fused-ring (bicyclic) bond motifs is 2. The van der Waals surface area contributed by atoms with Gasteiger partial charge in [-0.3, -0.25) is 14.2 Å². The number of benzene rings is 2. The number of anilines is 1. The summed E-state index contributed by atoms with van der Waals surface area (Å²) < 4.78 is 26.5. The van der Waals surface area contributed by atoms with Crippen LogP contribution >= 0.6 is 0 Å². The van der Waals surface area contributed by atoms with Crippen molar-refractivity contribution in [2.24, 2.45) is 0 Å². The second-order valence-corrected chi connectivity index (χ2v) is 8.17. The zero-order chi connectivity index (χ0) is 22.9. The number of halogens is 1. The van der Waals surface area contributed by atoms with E-state index in [4.69, 9.17) is 14.5 Å². The van der Waals surface area contributed by atoms with Gasteiger partial charge in [-0.05, 0) is 30.7 Å². The van der Waals surface area contributed by atoms with Gasteiger partial charge in [0, 0.05) is 44.4 Å². The van der Waals surface area contributed by atoms with E-state index < -0.39 is 5.82 Å². The summed E-state index contributed by atoms with van der Waals surface area (Å²) in [5.74, 6) is 1.11. The molecule has 0 radical (unpaired) electrons. The van der Waals surface area contributed by atoms with E-state index in [0.717, 1.165) is 6.42 Å². The Labute approximate surface area is 190 Å². The number of hydrogen-bond acceptors (Lipinski definition) is 6. The van der Waals surface area contributed by atoms with Crippen LogP contribution in [0.15, 0.2) is 41.2 Å². The monoisotopic (exact) mass is 452 g/mol. The first-order valence-corrected chi connectivity index (χ1v) is 11.2. The van der Waals surface area contributed by atoms with Crippen molar-refractivity contribution in [3.8, 4) is 11.5 Å². The maximum atomic E-state index is 13.5. The summed E-state index contributed by atoms with van der Waals surface area (Å²) in [7, 11) is 0. The highest BCUT2D eigenvalue weighted by Gasteiger charge is 2.26. The number of ether oxygens (including phenoxy) is 2. The van der Waals surface area contributed by atoms with Crippen molar-refractivity contribution >= 4 is 22.8 Å². The fourth-order valence-corrected chi connectivity index (χ4v) is 4.33. The van der Waals surface area contributed by atoms with Gasteiger partial charge in [0.1, 0.15) is 19.0 Å². The van der Waals surface area contributed by atoms with Gasteiger partial charge < -0.3 is 19.3 Å². The summed E-state index contributed by atoms with van der Waals surface area (Å²) in [5.41, 5.74) is 0.777. The summed E-state index contributed by atoms with van der Waals surface area (Å²) in [6, 6.07) is 9.20. The van der Waals surface area contributed by atoms with Crippen molar-refractivity contribution in [3.05, 3.63) is 58.1 Å². The van der Waals surface area contributed by atoms with Crippen LogP contribution < -0.4 is 19.9 Å². The molecule has 0 atom stereocenters. The Hall–Kier alpha value is -3.62. The highest BCUT2D eigenvalue weighted by molar-refractivity contribution is 5.94. The van der Waals surface area contributed by atoms with Gasteiger partial charge in [-0.1, -0.05) is 13.0 Å². The number of piperazine rings is 1. The van der Waals surface area contributed by atoms with Crippen LogP contribution in [0.1, 0.15) is 23.7 Å². The van der Waals surface area contributed by atoms with Gasteiger partial charge >= 0.3 is 0 Å². The van der Waals surface area contributed by atoms with Crippen LogP contribution in [0, 0.1) is 5.82 Å².